The summed E-state index contributed by atoms with van der Waals surface area (Å²) in [6, 6.07) is 9.89. The topological polar surface area (TPSA) is 69.1 Å². The molecule has 1 heterocycles. The molecule has 0 bridgehead atoms. The summed E-state index contributed by atoms with van der Waals surface area (Å²) < 4.78 is 5.91. The Labute approximate surface area is 129 Å². The summed E-state index contributed by atoms with van der Waals surface area (Å²) in [6.45, 7) is 0. The fraction of sp³-hybridized carbons (Fsp3) is 0.222. The lowest BCUT2D eigenvalue weighted by molar-refractivity contribution is -0.118. The Balaban J connectivity index is 2.00. The normalized spacial score (nSPS) is 13.9. The van der Waals surface area contributed by atoms with Crippen LogP contribution in [0.5, 0.6) is 0 Å². The molecule has 22 heavy (non-hydrogen) atoms. The lowest BCUT2D eigenvalue weighted by atomic mass is 10.0. The van der Waals surface area contributed by atoms with Crippen molar-refractivity contribution in [1.29, 1.82) is 0 Å². The van der Waals surface area contributed by atoms with Gasteiger partial charge in [0.15, 0.2) is 11.7 Å². The molecule has 0 spiro atoms. The van der Waals surface area contributed by atoms with Gasteiger partial charge in [0, 0.05) is 18.4 Å². The molecule has 1 aromatic heterocycles. The number of hydrogen-bond donors (Lipinski definition) is 1. The number of carbonyl (C=O) groups excluding carboxylic acids is 1. The second-order valence-electron chi connectivity index (χ2n) is 5.26. The first-order valence-corrected chi connectivity index (χ1v) is 7.44. The van der Waals surface area contributed by atoms with Gasteiger partial charge in [-0.15, -0.1) is 0 Å². The Kier molecular flexibility index (Phi) is 4.19. The van der Waals surface area contributed by atoms with E-state index in [0.29, 0.717) is 12.3 Å². The highest BCUT2D eigenvalue weighted by Crippen LogP contribution is 2.32. The molecule has 0 aliphatic heterocycles. The quantitative estimate of drug-likeness (QED) is 0.917. The van der Waals surface area contributed by atoms with E-state index >= 15 is 0 Å². The monoisotopic (exact) mass is 294 g/mol. The van der Waals surface area contributed by atoms with Gasteiger partial charge in [0.2, 0.25) is 5.91 Å². The number of nitrogens with zero attached hydrogens (tertiary/aromatic N) is 1. The van der Waals surface area contributed by atoms with Crippen LogP contribution >= 0.6 is 0 Å². The maximum absolute atomic E-state index is 11.0. The van der Waals surface area contributed by atoms with Crippen molar-refractivity contribution in [2.45, 2.75) is 25.7 Å². The van der Waals surface area contributed by atoms with Gasteiger partial charge in [0.25, 0.3) is 0 Å². The van der Waals surface area contributed by atoms with Gasteiger partial charge in [-0.3, -0.25) is 4.79 Å². The summed E-state index contributed by atoms with van der Waals surface area (Å²) in [5.41, 5.74) is 8.09. The van der Waals surface area contributed by atoms with E-state index in [9.17, 15) is 4.79 Å². The smallest absolute Gasteiger partial charge is 0.217 e. The Bertz CT molecular complexity index is 727. The number of nitrogens with two attached hydrogens (primary N) is 1. The van der Waals surface area contributed by atoms with Gasteiger partial charge in [-0.05, 0) is 18.4 Å². The van der Waals surface area contributed by atoms with Crippen molar-refractivity contribution >= 4 is 11.5 Å². The van der Waals surface area contributed by atoms with Crippen molar-refractivity contribution in [3.63, 3.8) is 0 Å². The molecule has 0 unspecified atom stereocenters. The zero-order valence-electron chi connectivity index (χ0n) is 12.3. The average Bonchev–Trinajstić information content (AvgIpc) is 2.99. The molecule has 1 aromatic carbocycles. The Hall–Kier alpha value is -2.62. The molecule has 4 heteroatoms. The van der Waals surface area contributed by atoms with E-state index in [4.69, 9.17) is 10.2 Å². The van der Waals surface area contributed by atoms with Crippen LogP contribution in [0.3, 0.4) is 0 Å². The maximum Gasteiger partial charge on any atom is 0.217 e. The van der Waals surface area contributed by atoms with E-state index < -0.39 is 0 Å². The Morgan fingerprint density at radius 2 is 2.05 bits per heavy atom. The van der Waals surface area contributed by atoms with Crippen LogP contribution in [0.4, 0.5) is 0 Å². The molecule has 2 aromatic rings. The van der Waals surface area contributed by atoms with E-state index in [-0.39, 0.29) is 12.3 Å². The third-order valence-electron chi connectivity index (χ3n) is 3.56. The van der Waals surface area contributed by atoms with E-state index in [1.807, 2.05) is 30.3 Å². The van der Waals surface area contributed by atoms with Gasteiger partial charge in [0.1, 0.15) is 5.69 Å². The van der Waals surface area contributed by atoms with E-state index in [2.05, 4.69) is 23.2 Å². The van der Waals surface area contributed by atoms with Crippen LogP contribution < -0.4 is 5.73 Å². The van der Waals surface area contributed by atoms with Crippen LogP contribution in [0, 0.1) is 0 Å². The zero-order chi connectivity index (χ0) is 15.4. The predicted molar refractivity (Wildman–Crippen MR) is 85.8 cm³/mol. The highest BCUT2D eigenvalue weighted by molar-refractivity contribution is 5.81. The number of benzene rings is 1. The van der Waals surface area contributed by atoms with Crippen molar-refractivity contribution in [3.05, 3.63) is 60.1 Å². The van der Waals surface area contributed by atoms with Crippen LogP contribution in [0.2, 0.25) is 0 Å². The molecule has 0 fully saturated rings. The summed E-state index contributed by atoms with van der Waals surface area (Å²) in [5, 5.41) is 0. The summed E-state index contributed by atoms with van der Waals surface area (Å²) in [7, 11) is 0. The molecule has 4 nitrogen and oxygen atoms in total. The lowest BCUT2D eigenvalue weighted by Crippen LogP contribution is -2.11. The van der Waals surface area contributed by atoms with Crippen molar-refractivity contribution in [2.24, 2.45) is 5.73 Å². The number of carbonyl (C=O) groups is 1. The standard InChI is InChI=1S/C18H18N2O2/c19-15(21)11-12-16-20-17(13-7-3-1-4-8-13)18(22-16)14-9-5-2-6-10-14/h2-3,5-10H,1,4,11-12H2,(H2,19,21). The fourth-order valence-electron chi connectivity index (χ4n) is 2.47. The minimum absolute atomic E-state index is 0.239. The first-order valence-electron chi connectivity index (χ1n) is 7.44. The minimum Gasteiger partial charge on any atom is -0.440 e. The number of rotatable bonds is 5. The van der Waals surface area contributed by atoms with E-state index in [1.165, 1.54) is 0 Å². The van der Waals surface area contributed by atoms with Gasteiger partial charge in [-0.2, -0.15) is 0 Å². The molecule has 112 valence electrons. The molecule has 1 amide bonds. The Morgan fingerprint density at radius 3 is 2.73 bits per heavy atom. The van der Waals surface area contributed by atoms with Crippen LogP contribution in [-0.2, 0) is 11.2 Å². The van der Waals surface area contributed by atoms with Crippen LogP contribution in [0.15, 0.2) is 53.0 Å². The maximum atomic E-state index is 11.0. The molecule has 0 atom stereocenters. The van der Waals surface area contributed by atoms with Crippen molar-refractivity contribution < 1.29 is 9.21 Å². The number of allylic oxidation sites excluding steroid dienone is 4. The third-order valence-corrected chi connectivity index (χ3v) is 3.56. The molecule has 3 rings (SSSR count). The first kappa shape index (κ1) is 14.3. The van der Waals surface area contributed by atoms with Gasteiger partial charge < -0.3 is 10.2 Å². The van der Waals surface area contributed by atoms with Crippen LogP contribution in [0.25, 0.3) is 16.9 Å². The highest BCUT2D eigenvalue weighted by atomic mass is 16.4. The second kappa shape index (κ2) is 6.43. The van der Waals surface area contributed by atoms with Crippen molar-refractivity contribution in [2.75, 3.05) is 0 Å². The predicted octanol–water partition coefficient (Wildman–Crippen LogP) is 3.49. The van der Waals surface area contributed by atoms with Gasteiger partial charge in [0.05, 0.1) is 0 Å². The van der Waals surface area contributed by atoms with E-state index in [1.54, 1.807) is 0 Å². The van der Waals surface area contributed by atoms with Crippen molar-refractivity contribution in [1.82, 2.24) is 4.98 Å². The molecule has 1 aliphatic rings. The highest BCUT2D eigenvalue weighted by Gasteiger charge is 2.18. The SMILES string of the molecule is NC(=O)CCc1nc(C2=CCCC=C2)c(-c2ccccc2)o1. The van der Waals surface area contributed by atoms with Gasteiger partial charge in [-0.25, -0.2) is 4.98 Å². The molecule has 2 N–H and O–H groups in total. The molecule has 1 aliphatic carbocycles. The molecule has 0 saturated heterocycles. The number of aryl methyl sites for hydroxylation is 1. The summed E-state index contributed by atoms with van der Waals surface area (Å²) in [4.78, 5) is 15.6. The first-order chi connectivity index (χ1) is 10.7. The fourth-order valence-corrected chi connectivity index (χ4v) is 2.47. The molecular formula is C18H18N2O2. The lowest BCUT2D eigenvalue weighted by Gasteiger charge is -2.05. The van der Waals surface area contributed by atoms with E-state index in [0.717, 1.165) is 35.4 Å². The third kappa shape index (κ3) is 3.17. The molecular weight excluding hydrogens is 276 g/mol. The second-order valence-corrected chi connectivity index (χ2v) is 5.26. The average molecular weight is 294 g/mol. The number of oxazole rings is 1. The summed E-state index contributed by atoms with van der Waals surface area (Å²) in [6.07, 6.45) is 9.10. The summed E-state index contributed by atoms with van der Waals surface area (Å²) in [5.74, 6) is 0.947. The zero-order valence-corrected chi connectivity index (χ0v) is 12.3. The number of aromatic nitrogens is 1. The van der Waals surface area contributed by atoms with Gasteiger partial charge in [-0.1, -0.05) is 48.6 Å². The van der Waals surface area contributed by atoms with Crippen LogP contribution in [0.1, 0.15) is 30.8 Å². The molecule has 0 saturated carbocycles. The number of primary amides is 1. The Morgan fingerprint density at radius 1 is 1.23 bits per heavy atom. The number of hydrogen-bond acceptors (Lipinski definition) is 3. The minimum atomic E-state index is -0.349. The molecule has 0 radical (unpaired) electrons. The number of amides is 1. The van der Waals surface area contributed by atoms with Crippen LogP contribution in [-0.4, -0.2) is 10.9 Å². The summed E-state index contributed by atoms with van der Waals surface area (Å²) >= 11 is 0. The van der Waals surface area contributed by atoms with Gasteiger partial charge >= 0.3 is 0 Å². The van der Waals surface area contributed by atoms with Crippen molar-refractivity contribution in [3.8, 4) is 11.3 Å². The largest absolute Gasteiger partial charge is 0.440 e.